The van der Waals surface area contributed by atoms with E-state index in [1.54, 1.807) is 6.07 Å². The summed E-state index contributed by atoms with van der Waals surface area (Å²) in [5.41, 5.74) is 0.932. The van der Waals surface area contributed by atoms with Crippen molar-refractivity contribution in [1.29, 1.82) is 0 Å². The molecule has 1 aromatic rings. The van der Waals surface area contributed by atoms with Crippen molar-refractivity contribution in [2.45, 2.75) is 44.8 Å². The first-order valence-electron chi connectivity index (χ1n) is 8.35. The third kappa shape index (κ3) is 3.24. The molecule has 0 spiro atoms. The van der Waals surface area contributed by atoms with Crippen LogP contribution in [0.1, 0.15) is 58.4 Å². The molecule has 3 rings (SSSR count). The van der Waals surface area contributed by atoms with Gasteiger partial charge in [-0.15, -0.1) is 0 Å². The van der Waals surface area contributed by atoms with E-state index >= 15 is 0 Å². The Labute approximate surface area is 140 Å². The molecule has 1 aromatic carbocycles. The van der Waals surface area contributed by atoms with E-state index in [-0.39, 0.29) is 17.5 Å². The average molecular weight is 334 g/mol. The summed E-state index contributed by atoms with van der Waals surface area (Å²) in [4.78, 5) is 23.6. The number of hydrogen-bond acceptors (Lipinski definition) is 6. The number of methoxy groups -OCH3 is 1. The Kier molecular flexibility index (Phi) is 5.04. The first-order chi connectivity index (χ1) is 11.6. The van der Waals surface area contributed by atoms with Crippen molar-refractivity contribution in [3.63, 3.8) is 0 Å². The van der Waals surface area contributed by atoms with Crippen molar-refractivity contribution in [3.8, 4) is 11.5 Å². The van der Waals surface area contributed by atoms with Crippen LogP contribution in [0.2, 0.25) is 0 Å². The van der Waals surface area contributed by atoms with Crippen molar-refractivity contribution in [3.05, 3.63) is 22.8 Å². The molecular weight excluding hydrogens is 312 g/mol. The lowest BCUT2D eigenvalue weighted by Gasteiger charge is -2.26. The maximum absolute atomic E-state index is 12.0. The molecule has 6 nitrogen and oxygen atoms in total. The molecule has 1 atom stereocenters. The van der Waals surface area contributed by atoms with Gasteiger partial charge in [0.15, 0.2) is 17.8 Å². The predicted octanol–water partition coefficient (Wildman–Crippen LogP) is 2.50. The summed E-state index contributed by atoms with van der Waals surface area (Å²) < 4.78 is 16.1. The number of aldehydes is 1. The second kappa shape index (κ2) is 7.21. The van der Waals surface area contributed by atoms with Crippen molar-refractivity contribution in [2.24, 2.45) is 5.92 Å². The molecule has 0 bridgehead atoms. The normalized spacial score (nSPS) is 20.9. The summed E-state index contributed by atoms with van der Waals surface area (Å²) in [6.07, 6.45) is 5.39. The van der Waals surface area contributed by atoms with Crippen LogP contribution >= 0.6 is 0 Å². The van der Waals surface area contributed by atoms with Gasteiger partial charge in [0.2, 0.25) is 6.29 Å². The lowest BCUT2D eigenvalue weighted by atomic mass is 9.90. The number of esters is 1. The van der Waals surface area contributed by atoms with E-state index in [9.17, 15) is 14.7 Å². The number of rotatable bonds is 5. The van der Waals surface area contributed by atoms with E-state index in [0.29, 0.717) is 35.9 Å². The molecule has 0 saturated heterocycles. The van der Waals surface area contributed by atoms with Gasteiger partial charge in [-0.3, -0.25) is 4.79 Å². The molecule has 24 heavy (non-hydrogen) atoms. The van der Waals surface area contributed by atoms with E-state index in [2.05, 4.69) is 0 Å². The van der Waals surface area contributed by atoms with Gasteiger partial charge < -0.3 is 19.3 Å². The molecule has 1 saturated carbocycles. The molecular formula is C18H22O6. The quantitative estimate of drug-likeness (QED) is 0.658. The minimum atomic E-state index is -1.25. The summed E-state index contributed by atoms with van der Waals surface area (Å²) in [5, 5.41) is 9.62. The fraction of sp³-hybridized carbons (Fsp3) is 0.556. The Hall–Kier alpha value is -2.08. The maximum Gasteiger partial charge on any atom is 0.340 e. The van der Waals surface area contributed by atoms with Gasteiger partial charge in [0.1, 0.15) is 0 Å². The lowest BCUT2D eigenvalue weighted by molar-refractivity contribution is -0.0688. The van der Waals surface area contributed by atoms with Crippen LogP contribution in [-0.2, 0) is 11.2 Å². The van der Waals surface area contributed by atoms with Gasteiger partial charge in [-0.05, 0) is 30.4 Å². The van der Waals surface area contributed by atoms with E-state index in [1.165, 1.54) is 26.4 Å². The van der Waals surface area contributed by atoms with E-state index in [4.69, 9.17) is 14.2 Å². The molecule has 1 aliphatic carbocycles. The zero-order valence-corrected chi connectivity index (χ0v) is 13.7. The molecule has 6 heteroatoms. The maximum atomic E-state index is 12.0. The number of ether oxygens (including phenoxy) is 3. The van der Waals surface area contributed by atoms with Crippen molar-refractivity contribution < 1.29 is 28.9 Å². The second-order valence-corrected chi connectivity index (χ2v) is 6.34. The van der Waals surface area contributed by atoms with Crippen LogP contribution in [0.3, 0.4) is 0 Å². The van der Waals surface area contributed by atoms with Crippen molar-refractivity contribution >= 4 is 12.3 Å². The van der Waals surface area contributed by atoms with Crippen LogP contribution in [0.4, 0.5) is 0 Å². The summed E-state index contributed by atoms with van der Waals surface area (Å²) in [6, 6.07) is 1.55. The molecule has 0 aromatic heterocycles. The number of aliphatic hydroxyl groups excluding tert-OH is 1. The Morgan fingerprint density at radius 3 is 2.75 bits per heavy atom. The number of benzene rings is 1. The number of cyclic esters (lactones) is 1. The Morgan fingerprint density at radius 2 is 2.08 bits per heavy atom. The van der Waals surface area contributed by atoms with Crippen molar-refractivity contribution in [1.82, 2.24) is 0 Å². The predicted molar refractivity (Wildman–Crippen MR) is 85.6 cm³/mol. The second-order valence-electron chi connectivity index (χ2n) is 6.34. The minimum absolute atomic E-state index is 0.0639. The molecule has 0 radical (unpaired) electrons. The molecule has 1 N–H and O–H groups in total. The van der Waals surface area contributed by atoms with Crippen LogP contribution in [0.5, 0.6) is 11.5 Å². The van der Waals surface area contributed by atoms with Gasteiger partial charge in [-0.2, -0.15) is 0 Å². The first kappa shape index (κ1) is 16.8. The van der Waals surface area contributed by atoms with Gasteiger partial charge in [-0.25, -0.2) is 4.79 Å². The van der Waals surface area contributed by atoms with E-state index in [1.807, 2.05) is 0 Å². The third-order valence-electron chi connectivity index (χ3n) is 4.76. The number of carbonyl (C=O) groups excluding carboxylic acids is 2. The Morgan fingerprint density at radius 1 is 1.33 bits per heavy atom. The monoisotopic (exact) mass is 334 g/mol. The standard InChI is InChI=1S/C18H22O6/c1-22-17-14(9-19)12-8-16(20)24-18(21)13(12)7-15(17)23-10-11-5-3-2-4-6-11/h7,9,11,16,20H,2-6,8,10H2,1H3. The fourth-order valence-electron chi connectivity index (χ4n) is 3.51. The van der Waals surface area contributed by atoms with Crippen molar-refractivity contribution in [2.75, 3.05) is 13.7 Å². The summed E-state index contributed by atoms with van der Waals surface area (Å²) in [7, 11) is 1.46. The average Bonchev–Trinajstić information content (AvgIpc) is 2.59. The van der Waals surface area contributed by atoms with Gasteiger partial charge in [0.05, 0.1) is 24.8 Å². The smallest absolute Gasteiger partial charge is 0.340 e. The summed E-state index contributed by atoms with van der Waals surface area (Å²) in [6.45, 7) is 0.533. The zero-order chi connectivity index (χ0) is 17.1. The highest BCUT2D eigenvalue weighted by Crippen LogP contribution is 2.38. The Balaban J connectivity index is 1.92. The topological polar surface area (TPSA) is 82.1 Å². The fourth-order valence-corrected chi connectivity index (χ4v) is 3.51. The Bertz CT molecular complexity index is 633. The molecule has 130 valence electrons. The summed E-state index contributed by atoms with van der Waals surface area (Å²) >= 11 is 0. The number of hydrogen-bond donors (Lipinski definition) is 1. The molecule has 1 heterocycles. The van der Waals surface area contributed by atoms with Gasteiger partial charge in [0.25, 0.3) is 0 Å². The lowest BCUT2D eigenvalue weighted by Crippen LogP contribution is -2.28. The van der Waals surface area contributed by atoms with E-state index in [0.717, 1.165) is 12.8 Å². The van der Waals surface area contributed by atoms with Crippen LogP contribution in [-0.4, -0.2) is 37.4 Å². The summed E-state index contributed by atoms with van der Waals surface area (Å²) in [5.74, 6) is 0.503. The number of fused-ring (bicyclic) bond motifs is 1. The van der Waals surface area contributed by atoms with Crippen LogP contribution in [0.25, 0.3) is 0 Å². The van der Waals surface area contributed by atoms with Gasteiger partial charge in [-0.1, -0.05) is 19.3 Å². The first-order valence-corrected chi connectivity index (χ1v) is 8.35. The zero-order valence-electron chi connectivity index (χ0n) is 13.7. The molecule has 2 aliphatic rings. The molecule has 1 fully saturated rings. The highest BCUT2D eigenvalue weighted by Gasteiger charge is 2.31. The van der Waals surface area contributed by atoms with Crippen LogP contribution in [0, 0.1) is 5.92 Å². The number of carbonyl (C=O) groups is 2. The van der Waals surface area contributed by atoms with Gasteiger partial charge >= 0.3 is 5.97 Å². The molecule has 1 aliphatic heterocycles. The van der Waals surface area contributed by atoms with E-state index < -0.39 is 12.3 Å². The molecule has 0 amide bonds. The minimum Gasteiger partial charge on any atom is -0.492 e. The molecule has 1 unspecified atom stereocenters. The SMILES string of the molecule is COc1c(OCC2CCCCC2)cc2c(c1C=O)CC(O)OC2=O. The van der Waals surface area contributed by atoms with Crippen LogP contribution in [0.15, 0.2) is 6.07 Å². The largest absolute Gasteiger partial charge is 0.492 e. The highest BCUT2D eigenvalue weighted by atomic mass is 16.6. The van der Waals surface area contributed by atoms with Gasteiger partial charge in [0, 0.05) is 6.42 Å². The number of aliphatic hydroxyl groups is 1. The van der Waals surface area contributed by atoms with Crippen LogP contribution < -0.4 is 9.47 Å². The third-order valence-corrected chi connectivity index (χ3v) is 4.76. The highest BCUT2D eigenvalue weighted by molar-refractivity contribution is 5.97.